The number of benzene rings is 1. The smallest absolute Gasteiger partial charge is 0.0782 e. The molecule has 1 rings (SSSR count). The Balaban J connectivity index is 2.58. The first-order valence-electron chi connectivity index (χ1n) is 7.15. The van der Waals surface area contributed by atoms with E-state index in [0.29, 0.717) is 12.5 Å². The van der Waals surface area contributed by atoms with Crippen LogP contribution in [0.5, 0.6) is 0 Å². The highest BCUT2D eigenvalue weighted by molar-refractivity contribution is 5.13. The Hall–Kier alpha value is -1.16. The topological polar surface area (TPSA) is 44.5 Å². The second kappa shape index (κ2) is 8.90. The van der Waals surface area contributed by atoms with Gasteiger partial charge < -0.3 is 15.2 Å². The van der Waals surface area contributed by atoms with Gasteiger partial charge in [0, 0.05) is 19.6 Å². The van der Waals surface area contributed by atoms with Crippen LogP contribution in [0.15, 0.2) is 43.0 Å². The second-order valence-corrected chi connectivity index (χ2v) is 5.40. The van der Waals surface area contributed by atoms with E-state index in [0.717, 1.165) is 6.42 Å². The molecular formula is C17H27NO2. The molecule has 0 unspecified atom stereocenters. The van der Waals surface area contributed by atoms with Crippen LogP contribution in [0.1, 0.15) is 25.8 Å². The lowest BCUT2D eigenvalue weighted by atomic mass is 9.97. The van der Waals surface area contributed by atoms with Gasteiger partial charge in [-0.2, -0.15) is 0 Å². The number of ether oxygens (including phenoxy) is 2. The monoisotopic (exact) mass is 277 g/mol. The Morgan fingerprint density at radius 3 is 2.35 bits per heavy atom. The summed E-state index contributed by atoms with van der Waals surface area (Å²) in [7, 11) is 1.68. The van der Waals surface area contributed by atoms with Crippen LogP contribution in [-0.4, -0.2) is 25.4 Å². The highest BCUT2D eigenvalue weighted by Gasteiger charge is 2.23. The molecule has 0 saturated heterocycles. The Labute approximate surface area is 122 Å². The number of rotatable bonds is 9. The quantitative estimate of drug-likeness (QED) is 0.705. The van der Waals surface area contributed by atoms with E-state index in [1.165, 1.54) is 5.56 Å². The van der Waals surface area contributed by atoms with Crippen molar-refractivity contribution in [1.29, 1.82) is 0 Å². The highest BCUT2D eigenvalue weighted by atomic mass is 16.5. The van der Waals surface area contributed by atoms with Crippen molar-refractivity contribution in [1.82, 2.24) is 0 Å². The Morgan fingerprint density at radius 1 is 1.20 bits per heavy atom. The molecule has 0 spiro atoms. The van der Waals surface area contributed by atoms with Crippen molar-refractivity contribution in [2.75, 3.05) is 7.11 Å². The van der Waals surface area contributed by atoms with E-state index in [1.54, 1.807) is 13.2 Å². The molecule has 0 saturated carbocycles. The fourth-order valence-electron chi connectivity index (χ4n) is 2.10. The minimum Gasteiger partial charge on any atom is -0.379 e. The molecule has 0 aliphatic heterocycles. The molecule has 0 aromatic heterocycles. The van der Waals surface area contributed by atoms with Crippen LogP contribution in [0.3, 0.4) is 0 Å². The molecule has 0 aliphatic carbocycles. The third kappa shape index (κ3) is 5.45. The first-order chi connectivity index (χ1) is 9.58. The maximum Gasteiger partial charge on any atom is 0.0782 e. The summed E-state index contributed by atoms with van der Waals surface area (Å²) < 4.78 is 11.5. The van der Waals surface area contributed by atoms with Crippen molar-refractivity contribution in [3.05, 3.63) is 48.6 Å². The van der Waals surface area contributed by atoms with Crippen LogP contribution in [0, 0.1) is 5.92 Å². The second-order valence-electron chi connectivity index (χ2n) is 5.40. The number of hydrogen-bond donors (Lipinski definition) is 1. The Bertz CT molecular complexity index is 378. The lowest BCUT2D eigenvalue weighted by Gasteiger charge is -2.28. The first kappa shape index (κ1) is 16.9. The van der Waals surface area contributed by atoms with Gasteiger partial charge in [-0.3, -0.25) is 0 Å². The molecule has 0 radical (unpaired) electrons. The summed E-state index contributed by atoms with van der Waals surface area (Å²) in [6.07, 6.45) is 2.55. The molecule has 20 heavy (non-hydrogen) atoms. The third-order valence-electron chi connectivity index (χ3n) is 3.52. The van der Waals surface area contributed by atoms with E-state index in [9.17, 15) is 0 Å². The largest absolute Gasteiger partial charge is 0.379 e. The summed E-state index contributed by atoms with van der Waals surface area (Å²) in [6, 6.07) is 10.0. The van der Waals surface area contributed by atoms with Crippen LogP contribution in [0.4, 0.5) is 0 Å². The van der Waals surface area contributed by atoms with Crippen LogP contribution in [0.2, 0.25) is 0 Å². The van der Waals surface area contributed by atoms with Gasteiger partial charge in [-0.25, -0.2) is 0 Å². The Morgan fingerprint density at radius 2 is 1.85 bits per heavy atom. The maximum absolute atomic E-state index is 6.05. The zero-order valence-electron chi connectivity index (χ0n) is 12.8. The zero-order chi connectivity index (χ0) is 15.0. The minimum atomic E-state index is -0.165. The van der Waals surface area contributed by atoms with Gasteiger partial charge in [0.1, 0.15) is 0 Å². The fraction of sp³-hybridized carbons (Fsp3) is 0.529. The van der Waals surface area contributed by atoms with E-state index in [-0.39, 0.29) is 18.2 Å². The molecule has 0 heterocycles. The van der Waals surface area contributed by atoms with E-state index in [2.05, 4.69) is 32.6 Å². The maximum atomic E-state index is 6.05. The average molecular weight is 277 g/mol. The Kier molecular flexibility index (Phi) is 7.52. The number of methoxy groups -OCH3 is 1. The van der Waals surface area contributed by atoms with Gasteiger partial charge in [0.2, 0.25) is 0 Å². The molecule has 112 valence electrons. The summed E-state index contributed by atoms with van der Waals surface area (Å²) >= 11 is 0. The molecule has 1 aromatic carbocycles. The van der Waals surface area contributed by atoms with Crippen molar-refractivity contribution in [3.8, 4) is 0 Å². The van der Waals surface area contributed by atoms with Crippen molar-refractivity contribution in [2.45, 2.75) is 45.1 Å². The lowest BCUT2D eigenvalue weighted by Crippen LogP contribution is -2.38. The lowest BCUT2D eigenvalue weighted by molar-refractivity contribution is -0.0337. The van der Waals surface area contributed by atoms with Gasteiger partial charge in [0.05, 0.1) is 18.8 Å². The van der Waals surface area contributed by atoms with Gasteiger partial charge in [-0.15, -0.1) is 6.58 Å². The van der Waals surface area contributed by atoms with Crippen LogP contribution in [-0.2, 0) is 16.1 Å². The molecule has 3 nitrogen and oxygen atoms in total. The summed E-state index contributed by atoms with van der Waals surface area (Å²) in [6.45, 7) is 8.65. The van der Waals surface area contributed by atoms with Crippen molar-refractivity contribution < 1.29 is 9.47 Å². The summed E-state index contributed by atoms with van der Waals surface area (Å²) in [5.74, 6) is 0.411. The van der Waals surface area contributed by atoms with Crippen LogP contribution < -0.4 is 5.73 Å². The minimum absolute atomic E-state index is 0.0596. The van der Waals surface area contributed by atoms with Crippen LogP contribution in [0.25, 0.3) is 0 Å². The van der Waals surface area contributed by atoms with E-state index >= 15 is 0 Å². The summed E-state index contributed by atoms with van der Waals surface area (Å²) in [5, 5.41) is 0. The molecular weight excluding hydrogens is 250 g/mol. The van der Waals surface area contributed by atoms with Gasteiger partial charge in [-0.05, 0) is 11.5 Å². The van der Waals surface area contributed by atoms with E-state index in [4.69, 9.17) is 15.2 Å². The van der Waals surface area contributed by atoms with Crippen molar-refractivity contribution in [2.24, 2.45) is 11.7 Å². The molecule has 3 atom stereocenters. The first-order valence-corrected chi connectivity index (χ1v) is 7.15. The molecule has 0 bridgehead atoms. The summed E-state index contributed by atoms with van der Waals surface area (Å²) in [5.41, 5.74) is 7.17. The SMILES string of the molecule is C=C[C@H](N)[C@H](C[C@H](OCc1ccccc1)C(C)C)OC. The van der Waals surface area contributed by atoms with E-state index in [1.807, 2.05) is 18.2 Å². The molecule has 0 fully saturated rings. The molecule has 0 amide bonds. The molecule has 2 N–H and O–H groups in total. The summed E-state index contributed by atoms with van der Waals surface area (Å²) in [4.78, 5) is 0. The number of nitrogens with two attached hydrogens (primary N) is 1. The molecule has 1 aromatic rings. The highest BCUT2D eigenvalue weighted by Crippen LogP contribution is 2.18. The van der Waals surface area contributed by atoms with E-state index < -0.39 is 0 Å². The standard InChI is InChI=1S/C17H27NO2/c1-5-15(18)17(19-4)11-16(13(2)3)20-12-14-9-7-6-8-10-14/h5-10,13,15-17H,1,11-12,18H2,2-4H3/t15-,16-,17-/m0/s1. The van der Waals surface area contributed by atoms with Gasteiger partial charge >= 0.3 is 0 Å². The molecule has 3 heteroatoms. The zero-order valence-corrected chi connectivity index (χ0v) is 12.8. The predicted octanol–water partition coefficient (Wildman–Crippen LogP) is 3.15. The van der Waals surface area contributed by atoms with Crippen molar-refractivity contribution in [3.63, 3.8) is 0 Å². The van der Waals surface area contributed by atoms with Crippen LogP contribution >= 0.6 is 0 Å². The molecule has 0 aliphatic rings. The normalized spacial score (nSPS) is 15.8. The van der Waals surface area contributed by atoms with Gasteiger partial charge in [0.15, 0.2) is 0 Å². The van der Waals surface area contributed by atoms with Crippen molar-refractivity contribution >= 4 is 0 Å². The third-order valence-corrected chi connectivity index (χ3v) is 3.52. The average Bonchev–Trinajstić information content (AvgIpc) is 2.47. The fourth-order valence-corrected chi connectivity index (χ4v) is 2.10. The predicted molar refractivity (Wildman–Crippen MR) is 83.4 cm³/mol. The van der Waals surface area contributed by atoms with Gasteiger partial charge in [0.25, 0.3) is 0 Å². The number of hydrogen-bond acceptors (Lipinski definition) is 3. The van der Waals surface area contributed by atoms with Gasteiger partial charge in [-0.1, -0.05) is 50.3 Å².